The number of hydrazone groups is 1. The fourth-order valence-electron chi connectivity index (χ4n) is 2.96. The number of carbonyl (C=O) groups excluding carboxylic acids is 2. The first-order valence-electron chi connectivity index (χ1n) is 9.34. The van der Waals surface area contributed by atoms with Crippen molar-refractivity contribution in [1.82, 2.24) is 10.3 Å². The van der Waals surface area contributed by atoms with Gasteiger partial charge in [0.25, 0.3) is 0 Å². The van der Waals surface area contributed by atoms with Gasteiger partial charge in [0, 0.05) is 19.4 Å². The first-order valence-corrected chi connectivity index (χ1v) is 9.34. The van der Waals surface area contributed by atoms with E-state index in [1.165, 1.54) is 16.1 Å². The number of hydrogen-bond donors (Lipinski definition) is 1. The van der Waals surface area contributed by atoms with Crippen LogP contribution in [0.25, 0.3) is 0 Å². The van der Waals surface area contributed by atoms with Crippen LogP contribution >= 0.6 is 0 Å². The molecule has 27 heavy (non-hydrogen) atoms. The summed E-state index contributed by atoms with van der Waals surface area (Å²) in [6.45, 7) is 4.53. The molecule has 1 N–H and O–H groups in total. The summed E-state index contributed by atoms with van der Waals surface area (Å²) >= 11 is 0. The number of nitrogens with one attached hydrogen (secondary N) is 1. The molecular weight excluding hydrogens is 338 g/mol. The van der Waals surface area contributed by atoms with Crippen molar-refractivity contribution in [3.8, 4) is 0 Å². The number of hydrogen-bond acceptors (Lipinski definition) is 3. The van der Waals surface area contributed by atoms with Crippen molar-refractivity contribution in [3.05, 3.63) is 70.8 Å². The van der Waals surface area contributed by atoms with E-state index in [-0.39, 0.29) is 18.4 Å². The molecule has 2 aromatic rings. The Morgan fingerprint density at radius 1 is 1.04 bits per heavy atom. The molecule has 0 radical (unpaired) electrons. The van der Waals surface area contributed by atoms with Crippen LogP contribution < -0.4 is 5.32 Å². The molecule has 5 nitrogen and oxygen atoms in total. The third-order valence-electron chi connectivity index (χ3n) is 4.70. The molecule has 0 spiro atoms. The SMILES string of the molecule is CCc1ccc(CNC(=O)CN2N=C(c3ccc(C)cc3)CCC2=O)cc1. The van der Waals surface area contributed by atoms with Gasteiger partial charge in [-0.05, 0) is 30.0 Å². The molecule has 0 aromatic heterocycles. The molecule has 0 fully saturated rings. The molecule has 140 valence electrons. The standard InChI is InChI=1S/C22H25N3O2/c1-3-17-6-8-18(9-7-17)14-23-21(26)15-25-22(27)13-12-20(24-25)19-10-4-16(2)5-11-19/h4-11H,3,12-15H2,1-2H3,(H,23,26). The molecule has 0 atom stereocenters. The number of benzene rings is 2. The van der Waals surface area contributed by atoms with Gasteiger partial charge < -0.3 is 5.32 Å². The van der Waals surface area contributed by atoms with Crippen LogP contribution in [0.15, 0.2) is 53.6 Å². The lowest BCUT2D eigenvalue weighted by Gasteiger charge is -2.23. The molecule has 5 heteroatoms. The third-order valence-corrected chi connectivity index (χ3v) is 4.70. The highest BCUT2D eigenvalue weighted by Crippen LogP contribution is 2.15. The van der Waals surface area contributed by atoms with E-state index >= 15 is 0 Å². The van der Waals surface area contributed by atoms with Crippen molar-refractivity contribution in [1.29, 1.82) is 0 Å². The smallest absolute Gasteiger partial charge is 0.243 e. The van der Waals surface area contributed by atoms with Gasteiger partial charge in [-0.1, -0.05) is 61.0 Å². The lowest BCUT2D eigenvalue weighted by molar-refractivity contribution is -0.136. The summed E-state index contributed by atoms with van der Waals surface area (Å²) in [4.78, 5) is 24.4. The molecule has 1 heterocycles. The van der Waals surface area contributed by atoms with Crippen LogP contribution in [0.2, 0.25) is 0 Å². The van der Waals surface area contributed by atoms with Gasteiger partial charge >= 0.3 is 0 Å². The zero-order valence-electron chi connectivity index (χ0n) is 15.9. The Hall–Kier alpha value is -2.95. The van der Waals surface area contributed by atoms with Gasteiger partial charge in [0.1, 0.15) is 6.54 Å². The Bertz CT molecular complexity index is 839. The molecule has 3 rings (SSSR count). The molecule has 2 amide bonds. The first-order chi connectivity index (χ1) is 13.0. The Morgan fingerprint density at radius 3 is 2.37 bits per heavy atom. The van der Waals surface area contributed by atoms with E-state index in [1.54, 1.807) is 0 Å². The van der Waals surface area contributed by atoms with Gasteiger partial charge in [-0.3, -0.25) is 9.59 Å². The molecular formula is C22H25N3O2. The topological polar surface area (TPSA) is 61.8 Å². The molecule has 2 aromatic carbocycles. The van der Waals surface area contributed by atoms with Gasteiger partial charge in [0.2, 0.25) is 11.8 Å². The van der Waals surface area contributed by atoms with E-state index < -0.39 is 0 Å². The lowest BCUT2D eigenvalue weighted by atomic mass is 10.0. The molecule has 0 aliphatic carbocycles. The highest BCUT2D eigenvalue weighted by atomic mass is 16.2. The minimum absolute atomic E-state index is 0.0543. The summed E-state index contributed by atoms with van der Waals surface area (Å²) in [6.07, 6.45) is 1.97. The van der Waals surface area contributed by atoms with Crippen molar-refractivity contribution in [2.24, 2.45) is 5.10 Å². The fourth-order valence-corrected chi connectivity index (χ4v) is 2.96. The van der Waals surface area contributed by atoms with E-state index in [4.69, 9.17) is 0 Å². The highest BCUT2D eigenvalue weighted by Gasteiger charge is 2.23. The summed E-state index contributed by atoms with van der Waals surface area (Å²) < 4.78 is 0. The molecule has 1 aliphatic rings. The maximum Gasteiger partial charge on any atom is 0.243 e. The van der Waals surface area contributed by atoms with Crippen molar-refractivity contribution in [2.45, 2.75) is 39.7 Å². The molecule has 0 bridgehead atoms. The second-order valence-corrected chi connectivity index (χ2v) is 6.81. The fraction of sp³-hybridized carbons (Fsp3) is 0.318. The van der Waals surface area contributed by atoms with Crippen LogP contribution in [0.3, 0.4) is 0 Å². The van der Waals surface area contributed by atoms with Crippen molar-refractivity contribution in [3.63, 3.8) is 0 Å². The maximum atomic E-state index is 12.3. The number of carbonyl (C=O) groups is 2. The van der Waals surface area contributed by atoms with Gasteiger partial charge in [-0.15, -0.1) is 0 Å². The number of rotatable bonds is 6. The van der Waals surface area contributed by atoms with Crippen LogP contribution in [-0.4, -0.2) is 29.1 Å². The van der Waals surface area contributed by atoms with Crippen molar-refractivity contribution < 1.29 is 9.59 Å². The second kappa shape index (κ2) is 8.62. The van der Waals surface area contributed by atoms with E-state index in [0.29, 0.717) is 19.4 Å². The van der Waals surface area contributed by atoms with Gasteiger partial charge in [0.05, 0.1) is 5.71 Å². The van der Waals surface area contributed by atoms with Crippen molar-refractivity contribution >= 4 is 17.5 Å². The molecule has 0 saturated carbocycles. The largest absolute Gasteiger partial charge is 0.350 e. The summed E-state index contributed by atoms with van der Waals surface area (Å²) in [5, 5.41) is 8.57. The number of nitrogens with zero attached hydrogens (tertiary/aromatic N) is 2. The Kier molecular flexibility index (Phi) is 6.01. The second-order valence-electron chi connectivity index (χ2n) is 6.81. The quantitative estimate of drug-likeness (QED) is 0.857. The monoisotopic (exact) mass is 363 g/mol. The van der Waals surface area contributed by atoms with E-state index in [2.05, 4.69) is 29.5 Å². The highest BCUT2D eigenvalue weighted by molar-refractivity contribution is 6.04. The average molecular weight is 363 g/mol. The van der Waals surface area contributed by atoms with Crippen LogP contribution in [0.5, 0.6) is 0 Å². The summed E-state index contributed by atoms with van der Waals surface area (Å²) in [5.74, 6) is -0.329. The average Bonchev–Trinajstić information content (AvgIpc) is 2.69. The third kappa shape index (κ3) is 5.03. The minimum atomic E-state index is -0.211. The number of amides is 2. The van der Waals surface area contributed by atoms with E-state index in [1.807, 2.05) is 43.3 Å². The van der Waals surface area contributed by atoms with E-state index in [9.17, 15) is 9.59 Å². The van der Waals surface area contributed by atoms with Crippen LogP contribution in [-0.2, 0) is 22.6 Å². The zero-order valence-corrected chi connectivity index (χ0v) is 15.9. The Balaban J connectivity index is 1.60. The van der Waals surface area contributed by atoms with Gasteiger partial charge in [0.15, 0.2) is 0 Å². The predicted molar refractivity (Wildman–Crippen MR) is 106 cm³/mol. The first kappa shape index (κ1) is 18.8. The Labute approximate surface area is 160 Å². The lowest BCUT2D eigenvalue weighted by Crippen LogP contribution is -2.40. The van der Waals surface area contributed by atoms with Crippen LogP contribution in [0, 0.1) is 6.92 Å². The normalized spacial score (nSPS) is 14.1. The molecule has 0 saturated heterocycles. The van der Waals surface area contributed by atoms with Gasteiger partial charge in [-0.2, -0.15) is 5.10 Å². The zero-order chi connectivity index (χ0) is 19.2. The van der Waals surface area contributed by atoms with Gasteiger partial charge in [-0.25, -0.2) is 5.01 Å². The molecule has 1 aliphatic heterocycles. The summed E-state index contributed by atoms with van der Waals surface area (Å²) in [5.41, 5.74) is 5.32. The number of aryl methyl sites for hydroxylation is 2. The summed E-state index contributed by atoms with van der Waals surface area (Å²) in [7, 11) is 0. The van der Waals surface area contributed by atoms with Crippen LogP contribution in [0.1, 0.15) is 42.0 Å². The predicted octanol–water partition coefficient (Wildman–Crippen LogP) is 3.20. The van der Waals surface area contributed by atoms with E-state index in [0.717, 1.165) is 23.3 Å². The molecule has 0 unspecified atom stereocenters. The van der Waals surface area contributed by atoms with Crippen LogP contribution in [0.4, 0.5) is 0 Å². The maximum absolute atomic E-state index is 12.3. The summed E-state index contributed by atoms with van der Waals surface area (Å²) in [6, 6.07) is 16.2. The minimum Gasteiger partial charge on any atom is -0.350 e. The van der Waals surface area contributed by atoms with Crippen molar-refractivity contribution in [2.75, 3.05) is 6.54 Å². The Morgan fingerprint density at radius 2 is 1.70 bits per heavy atom.